The molecule has 0 fully saturated rings. The Morgan fingerprint density at radius 1 is 1.12 bits per heavy atom. The first-order valence-corrected chi connectivity index (χ1v) is 9.57. The maximum absolute atomic E-state index is 12.8. The van der Waals surface area contributed by atoms with E-state index < -0.39 is 20.7 Å². The molecule has 0 unspecified atom stereocenters. The number of nitrogens with zero attached hydrogens (tertiary/aromatic N) is 1. The quantitative estimate of drug-likeness (QED) is 0.721. The van der Waals surface area contributed by atoms with E-state index in [4.69, 9.17) is 27.9 Å². The van der Waals surface area contributed by atoms with Gasteiger partial charge in [-0.25, -0.2) is 13.2 Å². The molecule has 0 radical (unpaired) electrons. The van der Waals surface area contributed by atoms with E-state index in [-0.39, 0.29) is 11.5 Å². The summed E-state index contributed by atoms with van der Waals surface area (Å²) in [6.07, 6.45) is 1.23. The van der Waals surface area contributed by atoms with Crippen LogP contribution in [0.4, 0.5) is 11.4 Å². The second-order valence-electron chi connectivity index (χ2n) is 5.18. The standard InChI is InChI=1S/C17H13Cl2NO4S/c1-2-24-17(21)16-10-20(13-5-3-4-11(18)8-13)14-9-12(19)6-7-15(14)25(16,22)23/h3-10H,2H2,1H3. The number of fused-ring (bicyclic) bond motifs is 1. The van der Waals surface area contributed by atoms with Gasteiger partial charge >= 0.3 is 5.97 Å². The van der Waals surface area contributed by atoms with Crippen LogP contribution in [0.5, 0.6) is 0 Å². The van der Waals surface area contributed by atoms with Crippen molar-refractivity contribution >= 4 is 50.4 Å². The largest absolute Gasteiger partial charge is 0.462 e. The Hall–Kier alpha value is -2.02. The number of ether oxygens (including phenoxy) is 1. The number of sulfone groups is 1. The summed E-state index contributed by atoms with van der Waals surface area (Å²) in [6.45, 7) is 1.67. The number of hydrogen-bond acceptors (Lipinski definition) is 5. The fourth-order valence-corrected chi connectivity index (χ4v) is 4.28. The van der Waals surface area contributed by atoms with Crippen molar-refractivity contribution in [2.45, 2.75) is 11.8 Å². The van der Waals surface area contributed by atoms with Crippen molar-refractivity contribution in [3.8, 4) is 0 Å². The van der Waals surface area contributed by atoms with Crippen LogP contribution in [-0.4, -0.2) is 21.0 Å². The first-order chi connectivity index (χ1) is 11.8. The first kappa shape index (κ1) is 17.8. The van der Waals surface area contributed by atoms with Crippen LogP contribution in [0.3, 0.4) is 0 Å². The molecule has 0 N–H and O–H groups in total. The van der Waals surface area contributed by atoms with E-state index in [0.29, 0.717) is 21.4 Å². The summed E-state index contributed by atoms with van der Waals surface area (Å²) in [7, 11) is -4.02. The summed E-state index contributed by atoms with van der Waals surface area (Å²) < 4.78 is 30.5. The molecule has 3 rings (SSSR count). The van der Waals surface area contributed by atoms with Crippen LogP contribution in [0.25, 0.3) is 0 Å². The minimum absolute atomic E-state index is 0.0255. The summed E-state index contributed by atoms with van der Waals surface area (Å²) in [5, 5.41) is 0.842. The van der Waals surface area contributed by atoms with Crippen LogP contribution < -0.4 is 4.90 Å². The van der Waals surface area contributed by atoms with Gasteiger partial charge in [0.05, 0.1) is 17.2 Å². The van der Waals surface area contributed by atoms with Crippen molar-refractivity contribution < 1.29 is 17.9 Å². The number of carbonyl (C=O) groups excluding carboxylic acids is 1. The van der Waals surface area contributed by atoms with Gasteiger partial charge in [0.1, 0.15) is 0 Å². The number of anilines is 2. The Kier molecular flexibility index (Phi) is 4.77. The minimum atomic E-state index is -4.02. The van der Waals surface area contributed by atoms with Gasteiger partial charge in [-0.15, -0.1) is 0 Å². The number of carbonyl (C=O) groups is 1. The van der Waals surface area contributed by atoms with Crippen molar-refractivity contribution in [1.82, 2.24) is 0 Å². The summed E-state index contributed by atoms with van der Waals surface area (Å²) >= 11 is 12.1. The van der Waals surface area contributed by atoms with Crippen LogP contribution in [0, 0.1) is 0 Å². The monoisotopic (exact) mass is 397 g/mol. The normalized spacial score (nSPS) is 15.3. The van der Waals surface area contributed by atoms with Gasteiger partial charge in [0.2, 0.25) is 9.84 Å². The fraction of sp³-hybridized carbons (Fsp3) is 0.118. The Morgan fingerprint density at radius 3 is 2.52 bits per heavy atom. The average Bonchev–Trinajstić information content (AvgIpc) is 2.54. The Labute approximate surface area is 155 Å². The highest BCUT2D eigenvalue weighted by atomic mass is 35.5. The molecule has 8 heteroatoms. The SMILES string of the molecule is CCOC(=O)C1=CN(c2cccc(Cl)c2)c2cc(Cl)ccc2S1(=O)=O. The van der Waals surface area contributed by atoms with Crippen LogP contribution in [-0.2, 0) is 19.4 Å². The lowest BCUT2D eigenvalue weighted by atomic mass is 10.2. The van der Waals surface area contributed by atoms with E-state index in [1.54, 1.807) is 36.1 Å². The van der Waals surface area contributed by atoms with E-state index in [1.165, 1.54) is 24.4 Å². The molecular weight excluding hydrogens is 385 g/mol. The number of rotatable bonds is 3. The molecule has 0 atom stereocenters. The van der Waals surface area contributed by atoms with E-state index >= 15 is 0 Å². The van der Waals surface area contributed by atoms with Crippen LogP contribution in [0.2, 0.25) is 10.0 Å². The van der Waals surface area contributed by atoms with E-state index in [2.05, 4.69) is 0 Å². The van der Waals surface area contributed by atoms with Gasteiger partial charge in [-0.3, -0.25) is 0 Å². The summed E-state index contributed by atoms with van der Waals surface area (Å²) in [5.74, 6) is -0.907. The van der Waals surface area contributed by atoms with Crippen molar-refractivity contribution in [1.29, 1.82) is 0 Å². The molecule has 0 amide bonds. The predicted molar refractivity (Wildman–Crippen MR) is 96.9 cm³/mol. The maximum Gasteiger partial charge on any atom is 0.351 e. The molecule has 0 saturated heterocycles. The fourth-order valence-electron chi connectivity index (χ4n) is 2.48. The summed E-state index contributed by atoms with van der Waals surface area (Å²) in [6, 6.07) is 11.2. The van der Waals surface area contributed by atoms with Crippen molar-refractivity contribution in [2.75, 3.05) is 11.5 Å². The highest BCUT2D eigenvalue weighted by Crippen LogP contribution is 2.41. The first-order valence-electron chi connectivity index (χ1n) is 7.33. The zero-order chi connectivity index (χ0) is 18.2. The molecule has 1 aliphatic heterocycles. The molecule has 0 aromatic heterocycles. The van der Waals surface area contributed by atoms with Gasteiger partial charge in [-0.2, -0.15) is 0 Å². The Morgan fingerprint density at radius 2 is 1.84 bits per heavy atom. The number of halogens is 2. The number of hydrogen-bond donors (Lipinski definition) is 0. The Bertz CT molecular complexity index is 986. The zero-order valence-electron chi connectivity index (χ0n) is 13.1. The topological polar surface area (TPSA) is 63.7 Å². The molecule has 25 heavy (non-hydrogen) atoms. The van der Waals surface area contributed by atoms with Gasteiger partial charge < -0.3 is 9.64 Å². The van der Waals surface area contributed by atoms with Gasteiger partial charge in [-0.05, 0) is 43.3 Å². The molecule has 1 heterocycles. The third kappa shape index (κ3) is 3.25. The molecular formula is C17H13Cl2NO4S. The predicted octanol–water partition coefficient (Wildman–Crippen LogP) is 4.32. The van der Waals surface area contributed by atoms with Crippen molar-refractivity contribution in [3.05, 3.63) is 63.6 Å². The molecule has 0 saturated carbocycles. The molecule has 130 valence electrons. The zero-order valence-corrected chi connectivity index (χ0v) is 15.4. The second kappa shape index (κ2) is 6.71. The molecule has 1 aliphatic rings. The Balaban J connectivity index is 2.27. The lowest BCUT2D eigenvalue weighted by Gasteiger charge is -2.28. The summed E-state index contributed by atoms with van der Waals surface area (Å²) in [5.41, 5.74) is 0.926. The molecule has 0 bridgehead atoms. The molecule has 5 nitrogen and oxygen atoms in total. The third-order valence-electron chi connectivity index (χ3n) is 3.57. The lowest BCUT2D eigenvalue weighted by Crippen LogP contribution is -2.26. The summed E-state index contributed by atoms with van der Waals surface area (Å²) in [4.78, 5) is 13.3. The maximum atomic E-state index is 12.8. The van der Waals surface area contributed by atoms with Gasteiger partial charge in [0, 0.05) is 21.9 Å². The van der Waals surface area contributed by atoms with Gasteiger partial charge in [0.25, 0.3) is 0 Å². The lowest BCUT2D eigenvalue weighted by molar-refractivity contribution is -0.137. The number of esters is 1. The molecule has 2 aromatic rings. The highest BCUT2D eigenvalue weighted by molar-refractivity contribution is 7.96. The van der Waals surface area contributed by atoms with Crippen LogP contribution in [0.1, 0.15) is 6.92 Å². The van der Waals surface area contributed by atoms with E-state index in [9.17, 15) is 13.2 Å². The van der Waals surface area contributed by atoms with Crippen molar-refractivity contribution in [2.24, 2.45) is 0 Å². The average molecular weight is 398 g/mol. The minimum Gasteiger partial charge on any atom is -0.462 e. The van der Waals surface area contributed by atoms with Crippen LogP contribution >= 0.6 is 23.2 Å². The molecule has 0 aliphatic carbocycles. The smallest absolute Gasteiger partial charge is 0.351 e. The van der Waals surface area contributed by atoms with E-state index in [0.717, 1.165) is 0 Å². The van der Waals surface area contributed by atoms with Gasteiger partial charge in [0.15, 0.2) is 4.91 Å². The van der Waals surface area contributed by atoms with E-state index in [1.807, 2.05) is 0 Å². The second-order valence-corrected chi connectivity index (χ2v) is 7.94. The number of benzene rings is 2. The van der Waals surface area contributed by atoms with Gasteiger partial charge in [-0.1, -0.05) is 29.3 Å². The third-order valence-corrected chi connectivity index (χ3v) is 5.81. The molecule has 2 aromatic carbocycles. The highest BCUT2D eigenvalue weighted by Gasteiger charge is 2.36. The van der Waals surface area contributed by atoms with Crippen LogP contribution in [0.15, 0.2) is 58.5 Å². The molecule has 0 spiro atoms. The van der Waals surface area contributed by atoms with Crippen molar-refractivity contribution in [3.63, 3.8) is 0 Å².